The van der Waals surface area contributed by atoms with Crippen LogP contribution in [0.2, 0.25) is 0 Å². The molecular weight excluding hydrogens is 172 g/mol. The smallest absolute Gasteiger partial charge is 0.0591 e. The Morgan fingerprint density at radius 1 is 0.833 bits per heavy atom. The van der Waals surface area contributed by atoms with Gasteiger partial charge in [-0.05, 0) is 0 Å². The molecule has 0 aromatic rings. The predicted octanol–water partition coefficient (Wildman–Crippen LogP) is -0.0710. The summed E-state index contributed by atoms with van der Waals surface area (Å²) >= 11 is 2.03. The van der Waals surface area contributed by atoms with Gasteiger partial charge >= 0.3 is 0 Å². The van der Waals surface area contributed by atoms with Gasteiger partial charge in [-0.2, -0.15) is 11.8 Å². The molecule has 0 aliphatic carbocycles. The molecule has 0 atom stereocenters. The largest absolute Gasteiger partial charge is 0.379 e. The fourth-order valence-corrected chi connectivity index (χ4v) is 1.81. The summed E-state index contributed by atoms with van der Waals surface area (Å²) in [5.41, 5.74) is 0. The molecule has 2 N–H and O–H groups in total. The van der Waals surface area contributed by atoms with Crippen molar-refractivity contribution in [1.82, 2.24) is 10.6 Å². The Balaban J connectivity index is 0.000000120. The van der Waals surface area contributed by atoms with E-state index in [9.17, 15) is 0 Å². The van der Waals surface area contributed by atoms with Crippen molar-refractivity contribution >= 4 is 11.8 Å². The van der Waals surface area contributed by atoms with Crippen LogP contribution in [0.15, 0.2) is 0 Å². The zero-order valence-corrected chi connectivity index (χ0v) is 8.29. The van der Waals surface area contributed by atoms with E-state index in [0.29, 0.717) is 0 Å². The molecule has 0 spiro atoms. The summed E-state index contributed by atoms with van der Waals surface area (Å²) in [5, 5.41) is 6.42. The van der Waals surface area contributed by atoms with Gasteiger partial charge < -0.3 is 15.4 Å². The van der Waals surface area contributed by atoms with E-state index in [2.05, 4.69) is 10.6 Å². The normalized spacial score (nSPS) is 24.0. The van der Waals surface area contributed by atoms with Gasteiger partial charge in [0.1, 0.15) is 0 Å². The number of hydrogen-bond acceptors (Lipinski definition) is 4. The van der Waals surface area contributed by atoms with Crippen LogP contribution in [0.4, 0.5) is 0 Å². The van der Waals surface area contributed by atoms with Crippen LogP contribution in [0.3, 0.4) is 0 Å². The highest BCUT2D eigenvalue weighted by atomic mass is 32.2. The molecule has 72 valence electrons. The van der Waals surface area contributed by atoms with Crippen LogP contribution in [0.5, 0.6) is 0 Å². The average molecular weight is 190 g/mol. The molecule has 12 heavy (non-hydrogen) atoms. The summed E-state index contributed by atoms with van der Waals surface area (Å²) in [6.45, 7) is 6.26. The molecule has 0 bridgehead atoms. The minimum Gasteiger partial charge on any atom is -0.379 e. The second-order valence-electron chi connectivity index (χ2n) is 2.72. The van der Waals surface area contributed by atoms with E-state index in [-0.39, 0.29) is 0 Å². The highest BCUT2D eigenvalue weighted by molar-refractivity contribution is 7.99. The Kier molecular flexibility index (Phi) is 6.75. The molecule has 0 aromatic heterocycles. The highest BCUT2D eigenvalue weighted by Gasteiger charge is 1.94. The van der Waals surface area contributed by atoms with Gasteiger partial charge in [0.25, 0.3) is 0 Å². The zero-order valence-electron chi connectivity index (χ0n) is 7.47. The van der Waals surface area contributed by atoms with Crippen molar-refractivity contribution in [2.24, 2.45) is 0 Å². The third-order valence-corrected chi connectivity index (χ3v) is 2.68. The highest BCUT2D eigenvalue weighted by Crippen LogP contribution is 1.99. The van der Waals surface area contributed by atoms with Gasteiger partial charge in [-0.15, -0.1) is 0 Å². The molecule has 0 aromatic carbocycles. The van der Waals surface area contributed by atoms with E-state index in [0.717, 1.165) is 26.3 Å². The Morgan fingerprint density at radius 2 is 1.42 bits per heavy atom. The number of morpholine rings is 1. The molecule has 0 saturated carbocycles. The lowest BCUT2D eigenvalue weighted by atomic mass is 10.5. The van der Waals surface area contributed by atoms with Gasteiger partial charge in [0.2, 0.25) is 0 Å². The molecule has 2 heterocycles. The van der Waals surface area contributed by atoms with Crippen molar-refractivity contribution in [1.29, 1.82) is 0 Å². The van der Waals surface area contributed by atoms with Gasteiger partial charge in [0, 0.05) is 37.7 Å². The van der Waals surface area contributed by atoms with E-state index in [1.165, 1.54) is 24.6 Å². The minimum absolute atomic E-state index is 0.889. The number of ether oxygens (including phenoxy) is 1. The second-order valence-corrected chi connectivity index (χ2v) is 3.95. The molecule has 3 nitrogen and oxygen atoms in total. The Bertz CT molecular complexity index is 60.0. The van der Waals surface area contributed by atoms with E-state index in [1.54, 1.807) is 0 Å². The summed E-state index contributed by atoms with van der Waals surface area (Å²) < 4.78 is 5.01. The minimum atomic E-state index is 0.889. The van der Waals surface area contributed by atoms with Gasteiger partial charge in [-0.3, -0.25) is 0 Å². The number of nitrogens with one attached hydrogen (secondary N) is 2. The molecular formula is C8H18N2OS. The van der Waals surface area contributed by atoms with E-state index in [1.807, 2.05) is 11.8 Å². The molecule has 0 amide bonds. The third-order valence-electron chi connectivity index (χ3n) is 1.69. The second kappa shape index (κ2) is 7.86. The standard InChI is InChI=1S/C4H9NO.C4H9NS/c2*1-3-6-4-2-5-1/h2*5H,1-4H2. The fraction of sp³-hybridized carbons (Fsp3) is 1.00. The molecule has 0 radical (unpaired) electrons. The van der Waals surface area contributed by atoms with Crippen LogP contribution in [-0.2, 0) is 4.74 Å². The number of hydrogen-bond donors (Lipinski definition) is 2. The van der Waals surface area contributed by atoms with Crippen molar-refractivity contribution < 1.29 is 4.74 Å². The van der Waals surface area contributed by atoms with Crippen LogP contribution in [-0.4, -0.2) is 50.9 Å². The number of rotatable bonds is 0. The van der Waals surface area contributed by atoms with Gasteiger partial charge in [-0.25, -0.2) is 0 Å². The first-order valence-corrected chi connectivity index (χ1v) is 5.72. The SMILES string of the molecule is C1COCCN1.C1CSCCN1. The van der Waals surface area contributed by atoms with Crippen LogP contribution in [0, 0.1) is 0 Å². The molecule has 2 aliphatic heterocycles. The van der Waals surface area contributed by atoms with Crippen LogP contribution < -0.4 is 10.6 Å². The maximum absolute atomic E-state index is 5.01. The van der Waals surface area contributed by atoms with Gasteiger partial charge in [0.15, 0.2) is 0 Å². The lowest BCUT2D eigenvalue weighted by Gasteiger charge is -2.10. The third kappa shape index (κ3) is 5.83. The lowest BCUT2D eigenvalue weighted by Crippen LogP contribution is -2.30. The summed E-state index contributed by atoms with van der Waals surface area (Å²) in [4.78, 5) is 0. The summed E-state index contributed by atoms with van der Waals surface area (Å²) in [7, 11) is 0. The summed E-state index contributed by atoms with van der Waals surface area (Å²) in [5.74, 6) is 2.61. The Morgan fingerprint density at radius 3 is 1.58 bits per heavy atom. The Hall–Kier alpha value is 0.230. The average Bonchev–Trinajstić information content (AvgIpc) is 2.24. The molecule has 4 heteroatoms. The molecule has 2 fully saturated rings. The van der Waals surface area contributed by atoms with Crippen molar-refractivity contribution in [3.8, 4) is 0 Å². The summed E-state index contributed by atoms with van der Waals surface area (Å²) in [6.07, 6.45) is 0. The number of thioether (sulfide) groups is 1. The first-order chi connectivity index (χ1) is 6.00. The molecule has 2 rings (SSSR count). The predicted molar refractivity (Wildman–Crippen MR) is 53.9 cm³/mol. The maximum atomic E-state index is 5.01. The molecule has 2 saturated heterocycles. The van der Waals surface area contributed by atoms with Gasteiger partial charge in [-0.1, -0.05) is 0 Å². The lowest BCUT2D eigenvalue weighted by molar-refractivity contribution is 0.109. The van der Waals surface area contributed by atoms with Crippen molar-refractivity contribution in [3.05, 3.63) is 0 Å². The monoisotopic (exact) mass is 190 g/mol. The summed E-state index contributed by atoms with van der Waals surface area (Å²) in [6, 6.07) is 0. The fourth-order valence-electron chi connectivity index (χ4n) is 1.03. The van der Waals surface area contributed by atoms with E-state index >= 15 is 0 Å². The quantitative estimate of drug-likeness (QED) is 0.560. The van der Waals surface area contributed by atoms with E-state index in [4.69, 9.17) is 4.74 Å². The van der Waals surface area contributed by atoms with Crippen molar-refractivity contribution in [2.45, 2.75) is 0 Å². The van der Waals surface area contributed by atoms with Gasteiger partial charge in [0.05, 0.1) is 13.2 Å². The molecule has 0 unspecified atom stereocenters. The zero-order chi connectivity index (χ0) is 8.49. The van der Waals surface area contributed by atoms with Crippen molar-refractivity contribution in [3.63, 3.8) is 0 Å². The Labute approximate surface area is 78.6 Å². The van der Waals surface area contributed by atoms with Crippen LogP contribution in [0.25, 0.3) is 0 Å². The maximum Gasteiger partial charge on any atom is 0.0591 e. The topological polar surface area (TPSA) is 33.3 Å². The van der Waals surface area contributed by atoms with E-state index < -0.39 is 0 Å². The van der Waals surface area contributed by atoms with Crippen molar-refractivity contribution in [2.75, 3.05) is 50.9 Å². The first kappa shape index (κ1) is 10.3. The first-order valence-electron chi connectivity index (χ1n) is 4.57. The molecule has 2 aliphatic rings. The van der Waals surface area contributed by atoms with Crippen LogP contribution in [0.1, 0.15) is 0 Å². The van der Waals surface area contributed by atoms with Crippen LogP contribution >= 0.6 is 11.8 Å².